The van der Waals surface area contributed by atoms with E-state index in [4.69, 9.17) is 9.47 Å². The number of likely N-dealkylation sites (tertiary alicyclic amines) is 1. The Labute approximate surface area is 346 Å². The molecule has 320 valence electrons. The number of rotatable bonds is 23. The number of aromatic nitrogens is 1. The van der Waals surface area contributed by atoms with E-state index in [-0.39, 0.29) is 65.9 Å². The van der Waals surface area contributed by atoms with E-state index >= 15 is 0 Å². The zero-order valence-corrected chi connectivity index (χ0v) is 37.5. The fraction of sp³-hybridized carbons (Fsp3) is 0.705. The molecule has 0 unspecified atom stereocenters. The Morgan fingerprint density at radius 1 is 0.947 bits per heavy atom. The van der Waals surface area contributed by atoms with E-state index in [2.05, 4.69) is 41.6 Å². The van der Waals surface area contributed by atoms with Crippen molar-refractivity contribution < 1.29 is 28.7 Å². The van der Waals surface area contributed by atoms with Crippen molar-refractivity contribution in [2.45, 2.75) is 136 Å². The van der Waals surface area contributed by atoms with E-state index in [1.54, 1.807) is 43.7 Å². The number of benzene rings is 1. The normalized spacial score (nSPS) is 18.8. The fourth-order valence-corrected chi connectivity index (χ4v) is 9.18. The first-order chi connectivity index (χ1) is 27.1. The van der Waals surface area contributed by atoms with E-state index in [9.17, 15) is 19.2 Å². The third kappa shape index (κ3) is 13.3. The number of ether oxygens (including phenoxy) is 2. The number of hydrogen-bond acceptors (Lipinski definition) is 9. The number of aryl methyl sites for hydroxylation is 1. The molecule has 0 aliphatic carbocycles. The molecule has 12 nitrogen and oxygen atoms in total. The van der Waals surface area contributed by atoms with Crippen LogP contribution in [0.4, 0.5) is 0 Å². The van der Waals surface area contributed by atoms with Crippen molar-refractivity contribution in [3.8, 4) is 0 Å². The minimum absolute atomic E-state index is 0.00496. The van der Waals surface area contributed by atoms with Gasteiger partial charge in [-0.05, 0) is 63.1 Å². The number of hydrogen-bond donors (Lipinski definition) is 2. The molecule has 0 saturated carbocycles. The number of nitrogens with zero attached hydrogens (tertiary/aromatic N) is 4. The number of amides is 4. The molecule has 0 spiro atoms. The van der Waals surface area contributed by atoms with Crippen molar-refractivity contribution in [3.63, 3.8) is 0 Å². The summed E-state index contributed by atoms with van der Waals surface area (Å²) in [5, 5.41) is 9.39. The summed E-state index contributed by atoms with van der Waals surface area (Å²) in [6.07, 6.45) is 5.21. The van der Waals surface area contributed by atoms with Crippen LogP contribution in [-0.4, -0.2) is 128 Å². The van der Waals surface area contributed by atoms with Crippen LogP contribution in [0.1, 0.15) is 91.1 Å². The van der Waals surface area contributed by atoms with Gasteiger partial charge in [0, 0.05) is 51.9 Å². The maximum Gasteiger partial charge on any atom is 0.245 e. The molecule has 13 heteroatoms. The van der Waals surface area contributed by atoms with Gasteiger partial charge in [0.15, 0.2) is 0 Å². The molecule has 9 atom stereocenters. The molecule has 1 aliphatic heterocycles. The predicted molar refractivity (Wildman–Crippen MR) is 228 cm³/mol. The second-order valence-corrected chi connectivity index (χ2v) is 17.8. The SMILES string of the molecule is CC[C@H](C)[C@@H]([C@@H](CC(=O)N1CCC[C@H]1[C@H](OC)[C@@H](C)C(=O)N[C@H](CCc1nccs1)Cc1ccccc1)OC)N(C)C(=O)[C@@H](NC(=O)[C@H](C(C)C)N(C)C)C(C)C. The molecular weight excluding hydrogens is 741 g/mol. The first-order valence-electron chi connectivity index (χ1n) is 20.9. The molecule has 0 bridgehead atoms. The number of carbonyl (C=O) groups excluding carboxylic acids is 4. The van der Waals surface area contributed by atoms with Crippen LogP contribution < -0.4 is 10.6 Å². The van der Waals surface area contributed by atoms with Gasteiger partial charge in [0.1, 0.15) is 6.04 Å². The van der Waals surface area contributed by atoms with Crippen molar-refractivity contribution in [1.82, 2.24) is 30.3 Å². The van der Waals surface area contributed by atoms with Crippen LogP contribution >= 0.6 is 11.3 Å². The van der Waals surface area contributed by atoms with Crippen molar-refractivity contribution in [1.29, 1.82) is 0 Å². The molecule has 57 heavy (non-hydrogen) atoms. The Morgan fingerprint density at radius 2 is 1.63 bits per heavy atom. The molecule has 1 fully saturated rings. The highest BCUT2D eigenvalue weighted by Crippen LogP contribution is 2.30. The third-order valence-electron chi connectivity index (χ3n) is 11.8. The molecule has 3 rings (SSSR count). The number of methoxy groups -OCH3 is 2. The monoisotopic (exact) mass is 813 g/mol. The van der Waals surface area contributed by atoms with Crippen LogP contribution in [0.15, 0.2) is 41.9 Å². The van der Waals surface area contributed by atoms with Gasteiger partial charge < -0.3 is 29.9 Å². The average molecular weight is 813 g/mol. The van der Waals surface area contributed by atoms with Crippen LogP contribution in [0, 0.1) is 23.7 Å². The van der Waals surface area contributed by atoms with Gasteiger partial charge in [-0.1, -0.05) is 85.2 Å². The Bertz CT molecular complexity index is 1520. The summed E-state index contributed by atoms with van der Waals surface area (Å²) >= 11 is 1.62. The van der Waals surface area contributed by atoms with Gasteiger partial charge in [-0.2, -0.15) is 0 Å². The molecular formula is C44H72N6O6S. The van der Waals surface area contributed by atoms with E-state index < -0.39 is 30.2 Å². The highest BCUT2D eigenvalue weighted by molar-refractivity contribution is 7.09. The number of likely N-dealkylation sites (N-methyl/N-ethyl adjacent to an activating group) is 2. The first-order valence-corrected chi connectivity index (χ1v) is 21.7. The van der Waals surface area contributed by atoms with Crippen molar-refractivity contribution in [2.24, 2.45) is 23.7 Å². The van der Waals surface area contributed by atoms with Crippen LogP contribution in [-0.2, 0) is 41.5 Å². The first kappa shape index (κ1) is 48.0. The van der Waals surface area contributed by atoms with Crippen molar-refractivity contribution in [2.75, 3.05) is 41.9 Å². The highest BCUT2D eigenvalue weighted by atomic mass is 32.1. The molecule has 1 saturated heterocycles. The molecule has 0 radical (unpaired) electrons. The summed E-state index contributed by atoms with van der Waals surface area (Å²) in [4.78, 5) is 65.9. The average Bonchev–Trinajstić information content (AvgIpc) is 3.88. The van der Waals surface area contributed by atoms with Gasteiger partial charge in [-0.3, -0.25) is 24.1 Å². The Kier molecular flexibility index (Phi) is 19.6. The minimum Gasteiger partial charge on any atom is -0.379 e. The summed E-state index contributed by atoms with van der Waals surface area (Å²) in [7, 11) is 8.69. The van der Waals surface area contributed by atoms with Gasteiger partial charge >= 0.3 is 0 Å². The van der Waals surface area contributed by atoms with E-state index in [1.807, 2.05) is 82.1 Å². The van der Waals surface area contributed by atoms with E-state index in [1.165, 1.54) is 0 Å². The van der Waals surface area contributed by atoms with E-state index in [0.29, 0.717) is 19.4 Å². The molecule has 2 N–H and O–H groups in total. The lowest BCUT2D eigenvalue weighted by Gasteiger charge is -2.41. The standard InChI is InChI=1S/C44H72N6O6S/c1-13-30(6)40(49(10)44(54)38(28(2)3)47-43(53)39(29(4)5)48(8)9)35(55-11)27-37(51)50-24-17-20-34(50)41(56-12)31(7)42(52)46-33(21-22-36-45-23-25-57-36)26-32-18-15-14-16-19-32/h14-16,18-19,23,25,28-31,33-35,38-41H,13,17,20-22,24,26-27H2,1-12H3,(H,46,52)(H,47,53)/t30-,31+,33+,34-,35+,38-,39-,40-,41+/m0/s1. The third-order valence-corrected chi connectivity index (χ3v) is 12.6. The summed E-state index contributed by atoms with van der Waals surface area (Å²) in [5.74, 6) is -1.24. The molecule has 4 amide bonds. The predicted octanol–water partition coefficient (Wildman–Crippen LogP) is 5.45. The molecule has 1 aromatic carbocycles. The second kappa shape index (κ2) is 23.3. The lowest BCUT2D eigenvalue weighted by molar-refractivity contribution is -0.148. The van der Waals surface area contributed by atoms with Gasteiger partial charge in [-0.25, -0.2) is 4.98 Å². The molecule has 1 aromatic heterocycles. The zero-order valence-electron chi connectivity index (χ0n) is 36.7. The molecule has 2 heterocycles. The van der Waals surface area contributed by atoms with Crippen LogP contribution in [0.3, 0.4) is 0 Å². The van der Waals surface area contributed by atoms with Crippen LogP contribution in [0.25, 0.3) is 0 Å². The Hall–Kier alpha value is -3.39. The second-order valence-electron chi connectivity index (χ2n) is 16.8. The quantitative estimate of drug-likeness (QED) is 0.152. The summed E-state index contributed by atoms with van der Waals surface area (Å²) < 4.78 is 12.1. The Balaban J connectivity index is 1.77. The van der Waals surface area contributed by atoms with Gasteiger partial charge in [0.05, 0.1) is 47.7 Å². The maximum atomic E-state index is 14.3. The fourth-order valence-electron chi connectivity index (χ4n) is 8.54. The summed E-state index contributed by atoms with van der Waals surface area (Å²) in [6.45, 7) is 14.4. The lowest BCUT2D eigenvalue weighted by atomic mass is 9.89. The minimum atomic E-state index is -0.749. The Morgan fingerprint density at radius 3 is 2.18 bits per heavy atom. The number of nitrogens with one attached hydrogen (secondary N) is 2. The maximum absolute atomic E-state index is 14.3. The van der Waals surface area contributed by atoms with Crippen molar-refractivity contribution >= 4 is 35.0 Å². The molecule has 1 aliphatic rings. The lowest BCUT2D eigenvalue weighted by Crippen LogP contribution is -2.59. The zero-order chi connectivity index (χ0) is 42.4. The smallest absolute Gasteiger partial charge is 0.245 e. The van der Waals surface area contributed by atoms with Crippen LogP contribution in [0.2, 0.25) is 0 Å². The highest BCUT2D eigenvalue weighted by Gasteiger charge is 2.43. The number of carbonyl (C=O) groups is 4. The van der Waals surface area contributed by atoms with Gasteiger partial charge in [-0.15, -0.1) is 11.3 Å². The number of thiazole rings is 1. The largest absolute Gasteiger partial charge is 0.379 e. The van der Waals surface area contributed by atoms with Gasteiger partial charge in [0.25, 0.3) is 0 Å². The van der Waals surface area contributed by atoms with E-state index in [0.717, 1.165) is 36.3 Å². The van der Waals surface area contributed by atoms with Crippen LogP contribution in [0.5, 0.6) is 0 Å². The summed E-state index contributed by atoms with van der Waals surface area (Å²) in [6, 6.07) is 8.20. The topological polar surface area (TPSA) is 133 Å². The molecule has 2 aromatic rings. The summed E-state index contributed by atoms with van der Waals surface area (Å²) in [5.41, 5.74) is 1.15. The van der Waals surface area contributed by atoms with Gasteiger partial charge in [0.2, 0.25) is 23.6 Å². The van der Waals surface area contributed by atoms with Crippen molar-refractivity contribution in [3.05, 3.63) is 52.5 Å².